The number of piperazine rings is 1. The van der Waals surface area contributed by atoms with Crippen molar-refractivity contribution < 1.29 is 4.74 Å². The Morgan fingerprint density at radius 1 is 1.33 bits per heavy atom. The van der Waals surface area contributed by atoms with Crippen LogP contribution < -0.4 is 0 Å². The maximum Gasteiger partial charge on any atom is 0.0645 e. The Hall–Kier alpha value is -0.120. The van der Waals surface area contributed by atoms with Gasteiger partial charge in [-0.15, -0.1) is 0 Å². The largest absolute Gasteiger partial charge is 0.378 e. The quantitative estimate of drug-likeness (QED) is 0.699. The van der Waals surface area contributed by atoms with E-state index >= 15 is 0 Å². The second kappa shape index (κ2) is 4.81. The first kappa shape index (κ1) is 11.4. The van der Waals surface area contributed by atoms with Crippen molar-refractivity contribution in [3.63, 3.8) is 0 Å². The molecule has 88 valence electrons. The standard InChI is InChI=1S/C12H24N2O/c1-4-10(2)14-6-5-13(7-11(14)3)12-8-15-9-12/h10-12H,4-9H2,1-3H3. The van der Waals surface area contributed by atoms with Gasteiger partial charge in [-0.25, -0.2) is 0 Å². The van der Waals surface area contributed by atoms with Crippen LogP contribution in [-0.4, -0.2) is 60.8 Å². The summed E-state index contributed by atoms with van der Waals surface area (Å²) in [6, 6.07) is 2.15. The molecule has 2 unspecified atom stereocenters. The van der Waals surface area contributed by atoms with E-state index in [9.17, 15) is 0 Å². The van der Waals surface area contributed by atoms with Gasteiger partial charge in [0.05, 0.1) is 19.3 Å². The summed E-state index contributed by atoms with van der Waals surface area (Å²) in [5.41, 5.74) is 0. The summed E-state index contributed by atoms with van der Waals surface area (Å²) in [4.78, 5) is 5.25. The van der Waals surface area contributed by atoms with Gasteiger partial charge in [0.25, 0.3) is 0 Å². The summed E-state index contributed by atoms with van der Waals surface area (Å²) in [6.45, 7) is 12.6. The molecule has 0 amide bonds. The van der Waals surface area contributed by atoms with E-state index in [0.717, 1.165) is 19.3 Å². The minimum absolute atomic E-state index is 0.703. The van der Waals surface area contributed by atoms with Gasteiger partial charge in [0.15, 0.2) is 0 Å². The van der Waals surface area contributed by atoms with Crippen LogP contribution in [0.15, 0.2) is 0 Å². The molecule has 0 N–H and O–H groups in total. The topological polar surface area (TPSA) is 15.7 Å². The third-order valence-corrected chi connectivity index (χ3v) is 4.00. The number of nitrogens with zero attached hydrogens (tertiary/aromatic N) is 2. The smallest absolute Gasteiger partial charge is 0.0645 e. The molecule has 2 aliphatic rings. The summed E-state index contributed by atoms with van der Waals surface area (Å²) in [5.74, 6) is 0. The van der Waals surface area contributed by atoms with Gasteiger partial charge >= 0.3 is 0 Å². The van der Waals surface area contributed by atoms with Crippen LogP contribution in [0.4, 0.5) is 0 Å². The monoisotopic (exact) mass is 212 g/mol. The zero-order valence-corrected chi connectivity index (χ0v) is 10.3. The Bertz CT molecular complexity index is 206. The number of hydrogen-bond donors (Lipinski definition) is 0. The molecule has 2 atom stereocenters. The lowest BCUT2D eigenvalue weighted by atomic mass is 10.1. The average molecular weight is 212 g/mol. The lowest BCUT2D eigenvalue weighted by Crippen LogP contribution is -2.60. The van der Waals surface area contributed by atoms with Gasteiger partial charge in [-0.05, 0) is 20.3 Å². The fourth-order valence-electron chi connectivity index (χ4n) is 2.65. The molecule has 0 aliphatic carbocycles. The molecule has 0 aromatic heterocycles. The zero-order chi connectivity index (χ0) is 10.8. The van der Waals surface area contributed by atoms with Gasteiger partial charge in [0.2, 0.25) is 0 Å². The Morgan fingerprint density at radius 2 is 2.07 bits per heavy atom. The second-order valence-electron chi connectivity index (χ2n) is 5.03. The summed E-state index contributed by atoms with van der Waals surface area (Å²) < 4.78 is 5.26. The van der Waals surface area contributed by atoms with E-state index < -0.39 is 0 Å². The van der Waals surface area contributed by atoms with Crippen LogP contribution in [0.3, 0.4) is 0 Å². The average Bonchev–Trinajstić information content (AvgIpc) is 2.14. The minimum atomic E-state index is 0.703. The van der Waals surface area contributed by atoms with E-state index in [2.05, 4.69) is 30.6 Å². The Labute approximate surface area is 93.4 Å². The zero-order valence-electron chi connectivity index (χ0n) is 10.3. The first-order valence-electron chi connectivity index (χ1n) is 6.30. The molecule has 0 aromatic carbocycles. The summed E-state index contributed by atoms with van der Waals surface area (Å²) in [7, 11) is 0. The van der Waals surface area contributed by atoms with Crippen molar-refractivity contribution in [2.45, 2.75) is 45.3 Å². The molecule has 0 spiro atoms. The van der Waals surface area contributed by atoms with Crippen LogP contribution >= 0.6 is 0 Å². The Balaban J connectivity index is 1.84. The highest BCUT2D eigenvalue weighted by Crippen LogP contribution is 2.19. The summed E-state index contributed by atoms with van der Waals surface area (Å²) in [5, 5.41) is 0. The van der Waals surface area contributed by atoms with Crippen molar-refractivity contribution in [1.82, 2.24) is 9.80 Å². The second-order valence-corrected chi connectivity index (χ2v) is 5.03. The molecular formula is C12H24N2O. The maximum atomic E-state index is 5.26. The third-order valence-electron chi connectivity index (χ3n) is 4.00. The van der Waals surface area contributed by atoms with E-state index in [1.807, 2.05) is 0 Å². The first-order valence-corrected chi connectivity index (χ1v) is 6.30. The van der Waals surface area contributed by atoms with Crippen molar-refractivity contribution in [3.05, 3.63) is 0 Å². The molecule has 0 radical (unpaired) electrons. The Morgan fingerprint density at radius 3 is 2.53 bits per heavy atom. The van der Waals surface area contributed by atoms with Gasteiger partial charge in [-0.3, -0.25) is 9.80 Å². The first-order chi connectivity index (χ1) is 7.22. The van der Waals surface area contributed by atoms with Crippen LogP contribution in [-0.2, 0) is 4.74 Å². The molecule has 2 fully saturated rings. The van der Waals surface area contributed by atoms with Crippen LogP contribution in [0.2, 0.25) is 0 Å². The highest BCUT2D eigenvalue weighted by atomic mass is 16.5. The lowest BCUT2D eigenvalue weighted by molar-refractivity contribution is -0.0883. The van der Waals surface area contributed by atoms with Crippen molar-refractivity contribution in [2.24, 2.45) is 0 Å². The molecule has 15 heavy (non-hydrogen) atoms. The van der Waals surface area contributed by atoms with Crippen molar-refractivity contribution >= 4 is 0 Å². The van der Waals surface area contributed by atoms with Crippen LogP contribution in [0.5, 0.6) is 0 Å². The molecular weight excluding hydrogens is 188 g/mol. The lowest BCUT2D eigenvalue weighted by Gasteiger charge is -2.47. The van der Waals surface area contributed by atoms with Gasteiger partial charge in [-0.1, -0.05) is 6.92 Å². The van der Waals surface area contributed by atoms with Gasteiger partial charge < -0.3 is 4.74 Å². The van der Waals surface area contributed by atoms with Crippen molar-refractivity contribution in [2.75, 3.05) is 32.8 Å². The fourth-order valence-corrected chi connectivity index (χ4v) is 2.65. The van der Waals surface area contributed by atoms with E-state index in [1.165, 1.54) is 26.1 Å². The van der Waals surface area contributed by atoms with E-state index in [4.69, 9.17) is 4.74 Å². The van der Waals surface area contributed by atoms with E-state index in [-0.39, 0.29) is 0 Å². The van der Waals surface area contributed by atoms with E-state index in [1.54, 1.807) is 0 Å². The maximum absolute atomic E-state index is 5.26. The summed E-state index contributed by atoms with van der Waals surface area (Å²) in [6.07, 6.45) is 1.26. The number of ether oxygens (including phenoxy) is 1. The molecule has 0 bridgehead atoms. The molecule has 2 heterocycles. The van der Waals surface area contributed by atoms with Crippen LogP contribution in [0.1, 0.15) is 27.2 Å². The molecule has 2 rings (SSSR count). The highest BCUT2D eigenvalue weighted by Gasteiger charge is 2.33. The van der Waals surface area contributed by atoms with E-state index in [0.29, 0.717) is 12.1 Å². The predicted molar refractivity (Wildman–Crippen MR) is 62.1 cm³/mol. The molecule has 3 nitrogen and oxygen atoms in total. The van der Waals surface area contributed by atoms with Gasteiger partial charge in [0.1, 0.15) is 0 Å². The normalized spacial score (nSPS) is 32.6. The molecule has 2 saturated heterocycles. The van der Waals surface area contributed by atoms with Crippen molar-refractivity contribution in [3.8, 4) is 0 Å². The van der Waals surface area contributed by atoms with Crippen LogP contribution in [0, 0.1) is 0 Å². The molecule has 3 heteroatoms. The minimum Gasteiger partial charge on any atom is -0.378 e. The van der Waals surface area contributed by atoms with Gasteiger partial charge in [0, 0.05) is 31.7 Å². The molecule has 0 saturated carbocycles. The third kappa shape index (κ3) is 2.35. The number of hydrogen-bond acceptors (Lipinski definition) is 3. The summed E-state index contributed by atoms with van der Waals surface area (Å²) >= 11 is 0. The molecule has 0 aromatic rings. The SMILES string of the molecule is CCC(C)N1CCN(C2COC2)CC1C. The Kier molecular flexibility index (Phi) is 3.65. The molecule has 2 aliphatic heterocycles. The predicted octanol–water partition coefficient (Wildman–Crippen LogP) is 1.19. The number of rotatable bonds is 3. The van der Waals surface area contributed by atoms with Crippen molar-refractivity contribution in [1.29, 1.82) is 0 Å². The van der Waals surface area contributed by atoms with Gasteiger partial charge in [-0.2, -0.15) is 0 Å². The van der Waals surface area contributed by atoms with Crippen LogP contribution in [0.25, 0.3) is 0 Å². The fraction of sp³-hybridized carbons (Fsp3) is 1.00. The highest BCUT2D eigenvalue weighted by molar-refractivity contribution is 4.87.